The van der Waals surface area contributed by atoms with Crippen molar-refractivity contribution in [3.8, 4) is 6.07 Å². The van der Waals surface area contributed by atoms with Gasteiger partial charge in [-0.15, -0.1) is 0 Å². The van der Waals surface area contributed by atoms with Crippen molar-refractivity contribution in [2.24, 2.45) is 0 Å². The number of carbonyl (C=O) groups is 2. The van der Waals surface area contributed by atoms with Crippen LogP contribution >= 0.6 is 0 Å². The second-order valence-corrected chi connectivity index (χ2v) is 5.77. The highest BCUT2D eigenvalue weighted by molar-refractivity contribution is 5.97. The van der Waals surface area contributed by atoms with Crippen molar-refractivity contribution in [1.82, 2.24) is 9.97 Å². The zero-order valence-corrected chi connectivity index (χ0v) is 15.3. The number of esters is 1. The van der Waals surface area contributed by atoms with Crippen molar-refractivity contribution in [1.29, 1.82) is 5.26 Å². The van der Waals surface area contributed by atoms with Gasteiger partial charge in [0.25, 0.3) is 5.91 Å². The third-order valence-corrected chi connectivity index (χ3v) is 3.70. The van der Waals surface area contributed by atoms with Crippen LogP contribution in [0.25, 0.3) is 0 Å². The Kier molecular flexibility index (Phi) is 7.26. The first-order valence-electron chi connectivity index (χ1n) is 8.44. The van der Waals surface area contributed by atoms with E-state index < -0.39 is 12.1 Å². The van der Waals surface area contributed by atoms with Gasteiger partial charge >= 0.3 is 5.97 Å². The van der Waals surface area contributed by atoms with Crippen LogP contribution in [0.15, 0.2) is 48.8 Å². The minimum Gasteiger partial charge on any atom is -0.451 e. The topological polar surface area (TPSA) is 99.4 Å². The first-order chi connectivity index (χ1) is 13.0. The summed E-state index contributed by atoms with van der Waals surface area (Å²) in [5.74, 6) is -0.573. The van der Waals surface area contributed by atoms with E-state index in [1.165, 1.54) is 16.7 Å². The molecule has 0 spiro atoms. The van der Waals surface area contributed by atoms with E-state index in [1.807, 2.05) is 12.1 Å². The second-order valence-electron chi connectivity index (χ2n) is 5.77. The van der Waals surface area contributed by atoms with Gasteiger partial charge in [-0.05, 0) is 25.1 Å². The van der Waals surface area contributed by atoms with Gasteiger partial charge in [-0.2, -0.15) is 5.26 Å². The summed E-state index contributed by atoms with van der Waals surface area (Å²) in [5, 5.41) is 8.84. The van der Waals surface area contributed by atoms with Crippen LogP contribution in [0.2, 0.25) is 0 Å². The summed E-state index contributed by atoms with van der Waals surface area (Å²) in [7, 11) is 1.66. The van der Waals surface area contributed by atoms with Gasteiger partial charge in [0, 0.05) is 31.7 Å². The quantitative estimate of drug-likeness (QED) is 0.656. The molecule has 27 heavy (non-hydrogen) atoms. The highest BCUT2D eigenvalue weighted by atomic mass is 16.5. The fourth-order valence-corrected chi connectivity index (χ4v) is 2.39. The predicted octanol–water partition coefficient (Wildman–Crippen LogP) is 1.79. The third kappa shape index (κ3) is 5.78. The molecule has 1 aromatic carbocycles. The number of hydrogen-bond donors (Lipinski definition) is 0. The molecule has 1 amide bonds. The summed E-state index contributed by atoms with van der Waals surface area (Å²) in [4.78, 5) is 36.0. The van der Waals surface area contributed by atoms with Crippen LogP contribution in [0, 0.1) is 11.3 Å². The Balaban J connectivity index is 1.99. The SMILES string of the molecule is CC(OC(=O)CN(C)c1ncccn1)C(=O)N(CCC#N)c1ccccc1. The summed E-state index contributed by atoms with van der Waals surface area (Å²) in [5.41, 5.74) is 0.649. The summed E-state index contributed by atoms with van der Waals surface area (Å²) in [6.07, 6.45) is 2.34. The van der Waals surface area contributed by atoms with Crippen molar-refractivity contribution in [3.63, 3.8) is 0 Å². The molecule has 0 bridgehead atoms. The van der Waals surface area contributed by atoms with Gasteiger partial charge in [-0.25, -0.2) is 9.97 Å². The van der Waals surface area contributed by atoms with E-state index >= 15 is 0 Å². The highest BCUT2D eigenvalue weighted by Crippen LogP contribution is 2.16. The molecule has 0 fully saturated rings. The molecule has 140 valence electrons. The summed E-state index contributed by atoms with van der Waals surface area (Å²) in [6.45, 7) is 1.64. The van der Waals surface area contributed by atoms with E-state index in [1.54, 1.807) is 49.8 Å². The summed E-state index contributed by atoms with van der Waals surface area (Å²) < 4.78 is 5.28. The number of likely N-dealkylation sites (N-methyl/N-ethyl adjacent to an activating group) is 1. The van der Waals surface area contributed by atoms with Gasteiger partial charge in [0.2, 0.25) is 5.95 Å². The molecule has 2 rings (SSSR count). The average Bonchev–Trinajstić information content (AvgIpc) is 2.69. The van der Waals surface area contributed by atoms with E-state index in [9.17, 15) is 9.59 Å². The van der Waals surface area contributed by atoms with E-state index in [4.69, 9.17) is 10.00 Å². The fraction of sp³-hybridized carbons (Fsp3) is 0.316. The molecule has 1 heterocycles. The molecule has 0 aliphatic heterocycles. The van der Waals surface area contributed by atoms with Gasteiger partial charge < -0.3 is 14.5 Å². The van der Waals surface area contributed by atoms with E-state index in [0.717, 1.165) is 0 Å². The molecule has 0 N–H and O–H groups in total. The van der Waals surface area contributed by atoms with Crippen LogP contribution in [-0.2, 0) is 14.3 Å². The molecule has 0 saturated carbocycles. The number of ether oxygens (including phenoxy) is 1. The molecule has 1 atom stereocenters. The monoisotopic (exact) mass is 367 g/mol. The lowest BCUT2D eigenvalue weighted by Gasteiger charge is -2.25. The zero-order chi connectivity index (χ0) is 19.6. The smallest absolute Gasteiger partial charge is 0.326 e. The Bertz CT molecular complexity index is 792. The molecule has 0 aliphatic rings. The molecule has 8 heteroatoms. The Labute approximate surface area is 158 Å². The largest absolute Gasteiger partial charge is 0.451 e. The number of nitriles is 1. The Morgan fingerprint density at radius 3 is 2.48 bits per heavy atom. The number of carbonyl (C=O) groups excluding carboxylic acids is 2. The number of hydrogen-bond acceptors (Lipinski definition) is 7. The van der Waals surface area contributed by atoms with Gasteiger partial charge in [0.05, 0.1) is 12.5 Å². The highest BCUT2D eigenvalue weighted by Gasteiger charge is 2.25. The Morgan fingerprint density at radius 1 is 1.19 bits per heavy atom. The van der Waals surface area contributed by atoms with Crippen molar-refractivity contribution in [3.05, 3.63) is 48.8 Å². The summed E-state index contributed by atoms with van der Waals surface area (Å²) in [6, 6.07) is 12.7. The molecular weight excluding hydrogens is 346 g/mol. The van der Waals surface area contributed by atoms with Crippen LogP contribution in [0.5, 0.6) is 0 Å². The van der Waals surface area contributed by atoms with Gasteiger partial charge in [-0.3, -0.25) is 9.59 Å². The fourth-order valence-electron chi connectivity index (χ4n) is 2.39. The first kappa shape index (κ1) is 19.8. The van der Waals surface area contributed by atoms with Gasteiger partial charge in [0.1, 0.15) is 6.54 Å². The second kappa shape index (κ2) is 9.87. The zero-order valence-electron chi connectivity index (χ0n) is 15.3. The maximum absolute atomic E-state index is 12.7. The standard InChI is InChI=1S/C19H21N5O3/c1-15(27-17(25)14-23(2)19-21-11-7-12-22-19)18(26)24(13-6-10-20)16-8-4-3-5-9-16/h3-5,7-9,11-12,15H,6,13-14H2,1-2H3. The molecule has 8 nitrogen and oxygen atoms in total. The maximum atomic E-state index is 12.7. The lowest BCUT2D eigenvalue weighted by Crippen LogP contribution is -2.42. The Morgan fingerprint density at radius 2 is 1.85 bits per heavy atom. The lowest BCUT2D eigenvalue weighted by atomic mass is 10.2. The van der Waals surface area contributed by atoms with Crippen LogP contribution < -0.4 is 9.80 Å². The maximum Gasteiger partial charge on any atom is 0.326 e. The normalized spacial score (nSPS) is 11.1. The van der Waals surface area contributed by atoms with Crippen molar-refractivity contribution >= 4 is 23.5 Å². The van der Waals surface area contributed by atoms with Crippen molar-refractivity contribution in [2.45, 2.75) is 19.4 Å². The first-order valence-corrected chi connectivity index (χ1v) is 8.44. The molecule has 2 aromatic rings. The molecule has 0 saturated heterocycles. The van der Waals surface area contributed by atoms with Crippen LogP contribution in [-0.4, -0.2) is 48.1 Å². The molecule has 1 aromatic heterocycles. The number of aromatic nitrogens is 2. The van der Waals surface area contributed by atoms with E-state index in [-0.39, 0.29) is 25.4 Å². The number of para-hydroxylation sites is 1. The number of benzene rings is 1. The lowest BCUT2D eigenvalue weighted by molar-refractivity contribution is -0.152. The minimum absolute atomic E-state index is 0.0921. The predicted molar refractivity (Wildman–Crippen MR) is 99.9 cm³/mol. The molecule has 1 unspecified atom stereocenters. The van der Waals surface area contributed by atoms with Crippen LogP contribution in [0.3, 0.4) is 0 Å². The van der Waals surface area contributed by atoms with Crippen molar-refractivity contribution in [2.75, 3.05) is 29.9 Å². The minimum atomic E-state index is -0.985. The molecule has 0 aliphatic carbocycles. The summed E-state index contributed by atoms with van der Waals surface area (Å²) >= 11 is 0. The van der Waals surface area contributed by atoms with E-state index in [0.29, 0.717) is 11.6 Å². The average molecular weight is 367 g/mol. The third-order valence-electron chi connectivity index (χ3n) is 3.70. The number of anilines is 2. The number of nitrogens with zero attached hydrogens (tertiary/aromatic N) is 5. The number of rotatable bonds is 8. The van der Waals surface area contributed by atoms with Gasteiger partial charge in [-0.1, -0.05) is 18.2 Å². The molecular formula is C19H21N5O3. The Hall–Kier alpha value is -3.47. The van der Waals surface area contributed by atoms with Crippen molar-refractivity contribution < 1.29 is 14.3 Å². The van der Waals surface area contributed by atoms with Crippen LogP contribution in [0.1, 0.15) is 13.3 Å². The van der Waals surface area contributed by atoms with Gasteiger partial charge in [0.15, 0.2) is 6.10 Å². The van der Waals surface area contributed by atoms with Crippen LogP contribution in [0.4, 0.5) is 11.6 Å². The van der Waals surface area contributed by atoms with E-state index in [2.05, 4.69) is 9.97 Å². The number of amides is 1. The molecule has 0 radical (unpaired) electrons.